The van der Waals surface area contributed by atoms with Gasteiger partial charge >= 0.3 is 0 Å². The molecule has 0 aliphatic carbocycles. The Morgan fingerprint density at radius 1 is 1.28 bits per heavy atom. The van der Waals surface area contributed by atoms with E-state index in [4.69, 9.17) is 4.52 Å². The Balaban J connectivity index is 1.82. The molecule has 0 unspecified atom stereocenters. The molecule has 0 atom stereocenters. The van der Waals surface area contributed by atoms with Gasteiger partial charge in [-0.2, -0.15) is 4.98 Å². The summed E-state index contributed by atoms with van der Waals surface area (Å²) >= 11 is 0. The second-order valence-corrected chi connectivity index (χ2v) is 4.05. The van der Waals surface area contributed by atoms with E-state index in [1.807, 2.05) is 49.2 Å². The first-order valence-corrected chi connectivity index (χ1v) is 6.12. The zero-order chi connectivity index (χ0) is 12.8. The van der Waals surface area contributed by atoms with Crippen molar-refractivity contribution in [2.24, 2.45) is 0 Å². The van der Waals surface area contributed by atoms with Gasteiger partial charge in [-0.25, -0.2) is 0 Å². The van der Waals surface area contributed by atoms with E-state index in [9.17, 15) is 0 Å². The van der Waals surface area contributed by atoms with Crippen LogP contribution in [0.15, 0.2) is 34.9 Å². The van der Waals surface area contributed by atoms with E-state index in [2.05, 4.69) is 15.5 Å². The SMILES string of the molecule is CCN(C)c1noc(CCNc2ccccc2)n1. The molecule has 1 heterocycles. The van der Waals surface area contributed by atoms with Crippen LogP contribution in [0.3, 0.4) is 0 Å². The van der Waals surface area contributed by atoms with Crippen LogP contribution in [0.1, 0.15) is 12.8 Å². The summed E-state index contributed by atoms with van der Waals surface area (Å²) in [5.41, 5.74) is 1.10. The number of para-hydroxylation sites is 1. The quantitative estimate of drug-likeness (QED) is 0.846. The number of hydrogen-bond acceptors (Lipinski definition) is 5. The molecule has 1 aromatic carbocycles. The molecule has 0 spiro atoms. The van der Waals surface area contributed by atoms with Crippen LogP contribution in [0.25, 0.3) is 0 Å². The van der Waals surface area contributed by atoms with Crippen LogP contribution < -0.4 is 10.2 Å². The topological polar surface area (TPSA) is 54.2 Å². The molecule has 1 N–H and O–H groups in total. The normalized spacial score (nSPS) is 10.3. The van der Waals surface area contributed by atoms with Crippen LogP contribution in [0.5, 0.6) is 0 Å². The summed E-state index contributed by atoms with van der Waals surface area (Å²) in [5.74, 6) is 1.31. The molecule has 96 valence electrons. The zero-order valence-corrected chi connectivity index (χ0v) is 10.8. The Hall–Kier alpha value is -2.04. The summed E-state index contributed by atoms with van der Waals surface area (Å²) in [4.78, 5) is 6.26. The molecule has 0 amide bonds. The van der Waals surface area contributed by atoms with Gasteiger partial charge in [0.25, 0.3) is 5.95 Å². The Kier molecular flexibility index (Phi) is 4.17. The summed E-state index contributed by atoms with van der Waals surface area (Å²) < 4.78 is 5.18. The fourth-order valence-electron chi connectivity index (χ4n) is 1.51. The Bertz CT molecular complexity index is 469. The summed E-state index contributed by atoms with van der Waals surface area (Å²) in [7, 11) is 1.94. The molecule has 0 fully saturated rings. The third-order valence-corrected chi connectivity index (χ3v) is 2.71. The van der Waals surface area contributed by atoms with Gasteiger partial charge in [0, 0.05) is 32.2 Å². The van der Waals surface area contributed by atoms with Crippen LogP contribution in [-0.2, 0) is 6.42 Å². The molecule has 2 aromatic rings. The molecule has 2 rings (SSSR count). The van der Waals surface area contributed by atoms with E-state index < -0.39 is 0 Å². The molecule has 18 heavy (non-hydrogen) atoms. The van der Waals surface area contributed by atoms with Gasteiger partial charge in [-0.15, -0.1) is 0 Å². The third kappa shape index (κ3) is 3.23. The van der Waals surface area contributed by atoms with Gasteiger partial charge < -0.3 is 14.7 Å². The molecule has 0 saturated heterocycles. The Morgan fingerprint density at radius 3 is 2.78 bits per heavy atom. The van der Waals surface area contributed by atoms with E-state index in [0.29, 0.717) is 11.8 Å². The number of nitrogens with zero attached hydrogens (tertiary/aromatic N) is 3. The highest BCUT2D eigenvalue weighted by Gasteiger charge is 2.08. The summed E-state index contributed by atoms with van der Waals surface area (Å²) in [6.45, 7) is 3.69. The smallest absolute Gasteiger partial charge is 0.265 e. The molecule has 1 aromatic heterocycles. The molecule has 0 aliphatic rings. The standard InChI is InChI=1S/C13H18N4O/c1-3-17(2)13-15-12(18-16-13)9-10-14-11-7-5-4-6-8-11/h4-8,14H,3,9-10H2,1-2H3. The lowest BCUT2D eigenvalue weighted by Gasteiger charge is -2.08. The number of hydrogen-bond donors (Lipinski definition) is 1. The average molecular weight is 246 g/mol. The fourth-order valence-corrected chi connectivity index (χ4v) is 1.51. The van der Waals surface area contributed by atoms with Crippen LogP contribution in [0.2, 0.25) is 0 Å². The Labute approximate surface area is 107 Å². The molecule has 0 radical (unpaired) electrons. The van der Waals surface area contributed by atoms with Crippen LogP contribution in [0.4, 0.5) is 11.6 Å². The summed E-state index contributed by atoms with van der Waals surface area (Å²) in [5, 5.41) is 7.23. The molecule has 0 aliphatic heterocycles. The van der Waals surface area contributed by atoms with Crippen molar-refractivity contribution in [1.82, 2.24) is 10.1 Å². The zero-order valence-electron chi connectivity index (χ0n) is 10.8. The van der Waals surface area contributed by atoms with E-state index in [1.165, 1.54) is 0 Å². The monoisotopic (exact) mass is 246 g/mol. The maximum Gasteiger partial charge on any atom is 0.265 e. The predicted octanol–water partition coefficient (Wildman–Crippen LogP) is 2.18. The lowest BCUT2D eigenvalue weighted by atomic mass is 10.3. The lowest BCUT2D eigenvalue weighted by Crippen LogP contribution is -2.17. The maximum absolute atomic E-state index is 5.18. The van der Waals surface area contributed by atoms with Crippen molar-refractivity contribution in [1.29, 1.82) is 0 Å². The first-order valence-electron chi connectivity index (χ1n) is 6.12. The summed E-state index contributed by atoms with van der Waals surface area (Å²) in [6, 6.07) is 10.1. The third-order valence-electron chi connectivity index (χ3n) is 2.71. The fraction of sp³-hybridized carbons (Fsp3) is 0.385. The largest absolute Gasteiger partial charge is 0.385 e. The first kappa shape index (κ1) is 12.4. The van der Waals surface area contributed by atoms with Gasteiger partial charge in [0.2, 0.25) is 5.89 Å². The van der Waals surface area contributed by atoms with Crippen LogP contribution in [-0.4, -0.2) is 30.3 Å². The molecule has 5 nitrogen and oxygen atoms in total. The van der Waals surface area contributed by atoms with E-state index in [-0.39, 0.29) is 0 Å². The van der Waals surface area contributed by atoms with Crippen molar-refractivity contribution in [3.05, 3.63) is 36.2 Å². The van der Waals surface area contributed by atoms with Gasteiger partial charge in [0.1, 0.15) is 0 Å². The lowest BCUT2D eigenvalue weighted by molar-refractivity contribution is 0.380. The van der Waals surface area contributed by atoms with E-state index in [0.717, 1.165) is 25.2 Å². The summed E-state index contributed by atoms with van der Waals surface area (Å²) in [6.07, 6.45) is 0.722. The molecule has 0 bridgehead atoms. The van der Waals surface area contributed by atoms with Gasteiger partial charge in [-0.05, 0) is 24.2 Å². The van der Waals surface area contributed by atoms with Gasteiger partial charge in [-0.3, -0.25) is 0 Å². The highest BCUT2D eigenvalue weighted by atomic mass is 16.5. The minimum absolute atomic E-state index is 0.646. The molecule has 0 saturated carbocycles. The number of rotatable bonds is 6. The van der Waals surface area contributed by atoms with Gasteiger partial charge in [0.15, 0.2) is 0 Å². The van der Waals surface area contributed by atoms with E-state index in [1.54, 1.807) is 0 Å². The Morgan fingerprint density at radius 2 is 2.06 bits per heavy atom. The molecule has 5 heteroatoms. The van der Waals surface area contributed by atoms with Crippen molar-refractivity contribution in [3.63, 3.8) is 0 Å². The molecular formula is C13H18N4O. The van der Waals surface area contributed by atoms with Crippen molar-refractivity contribution in [2.75, 3.05) is 30.4 Å². The van der Waals surface area contributed by atoms with Crippen molar-refractivity contribution < 1.29 is 4.52 Å². The van der Waals surface area contributed by atoms with Crippen molar-refractivity contribution in [3.8, 4) is 0 Å². The average Bonchev–Trinajstić information content (AvgIpc) is 2.88. The number of benzene rings is 1. The predicted molar refractivity (Wildman–Crippen MR) is 71.9 cm³/mol. The second-order valence-electron chi connectivity index (χ2n) is 4.05. The first-order chi connectivity index (χ1) is 8.79. The van der Waals surface area contributed by atoms with Crippen LogP contribution in [0, 0.1) is 0 Å². The van der Waals surface area contributed by atoms with Crippen molar-refractivity contribution in [2.45, 2.75) is 13.3 Å². The minimum atomic E-state index is 0.646. The highest BCUT2D eigenvalue weighted by molar-refractivity contribution is 5.42. The minimum Gasteiger partial charge on any atom is -0.385 e. The number of nitrogens with one attached hydrogen (secondary N) is 1. The number of anilines is 2. The maximum atomic E-state index is 5.18. The van der Waals surface area contributed by atoms with Gasteiger partial charge in [0.05, 0.1) is 0 Å². The van der Waals surface area contributed by atoms with Crippen LogP contribution >= 0.6 is 0 Å². The number of aromatic nitrogens is 2. The highest BCUT2D eigenvalue weighted by Crippen LogP contribution is 2.08. The van der Waals surface area contributed by atoms with Crippen molar-refractivity contribution >= 4 is 11.6 Å². The molecular weight excluding hydrogens is 228 g/mol. The second kappa shape index (κ2) is 6.05. The van der Waals surface area contributed by atoms with Gasteiger partial charge in [-0.1, -0.05) is 18.2 Å². The van der Waals surface area contributed by atoms with E-state index >= 15 is 0 Å².